The predicted octanol–water partition coefficient (Wildman–Crippen LogP) is 35.2. The van der Waals surface area contributed by atoms with E-state index in [0.29, 0.717) is 0 Å². The second-order valence-electron chi connectivity index (χ2n) is 40.0. The minimum atomic E-state index is -0.590. The van der Waals surface area contributed by atoms with Crippen molar-refractivity contribution in [2.24, 2.45) is 0 Å². The van der Waals surface area contributed by atoms with Gasteiger partial charge in [-0.25, -0.2) is 0 Å². The minimum Gasteiger partial charge on any atom is -0.456 e. The lowest BCUT2D eigenvalue weighted by Crippen LogP contribution is -2.37. The third-order valence-corrected chi connectivity index (χ3v) is 33.0. The van der Waals surface area contributed by atoms with E-state index >= 15 is 0 Å². The molecule has 0 fully saturated rings. The molecule has 0 amide bonds. The van der Waals surface area contributed by atoms with Gasteiger partial charge in [-0.1, -0.05) is 438 Å². The summed E-state index contributed by atoms with van der Waals surface area (Å²) in [6.45, 7) is 4.70. The molecule has 672 valence electrons. The molecule has 3 spiro atoms. The van der Waals surface area contributed by atoms with E-state index in [2.05, 4.69) is 519 Å². The summed E-state index contributed by atoms with van der Waals surface area (Å²) in [6, 6.07) is 180. The molecular weight excluding hydrogens is 1750 g/mol. The van der Waals surface area contributed by atoms with E-state index in [0.717, 1.165) is 56.8 Å². The molecule has 0 radical (unpaired) electrons. The first kappa shape index (κ1) is 80.6. The van der Waals surface area contributed by atoms with E-state index in [1.165, 1.54) is 226 Å². The predicted molar refractivity (Wildman–Crippen MR) is 590 cm³/mol. The summed E-state index contributed by atoms with van der Waals surface area (Å²) in [5.74, 6) is 5.46. The molecule has 6 nitrogen and oxygen atoms in total. The van der Waals surface area contributed by atoms with Gasteiger partial charge in [0.05, 0.1) is 66.4 Å². The fraction of sp³-hybridized carbons (Fsp3) is 0.0435. The number of fused-ring (bicyclic) bond motifs is 40. The van der Waals surface area contributed by atoms with E-state index in [1.807, 2.05) is 0 Å². The van der Waals surface area contributed by atoms with Gasteiger partial charge in [-0.05, 0) is 182 Å². The Morgan fingerprint density at radius 2 is 0.465 bits per heavy atom. The Labute approximate surface area is 831 Å². The Kier molecular flexibility index (Phi) is 16.8. The van der Waals surface area contributed by atoms with Crippen molar-refractivity contribution in [3.63, 3.8) is 0 Å². The second-order valence-corrected chi connectivity index (χ2v) is 40.0. The quantitative estimate of drug-likeness (QED) is 0.165. The van der Waals surface area contributed by atoms with Crippen LogP contribution in [0.25, 0.3) is 170 Å². The summed E-state index contributed by atoms with van der Waals surface area (Å²) in [4.78, 5) is 0. The van der Waals surface area contributed by atoms with Crippen molar-refractivity contribution in [1.82, 2.24) is 13.7 Å². The van der Waals surface area contributed by atoms with Crippen molar-refractivity contribution in [2.75, 3.05) is 0 Å². The molecule has 23 aromatic carbocycles. The lowest BCUT2D eigenvalue weighted by atomic mass is 9.61. The zero-order valence-corrected chi connectivity index (χ0v) is 78.8. The number of hydrogen-bond acceptors (Lipinski definition) is 3. The highest BCUT2D eigenvalue weighted by Crippen LogP contribution is 2.67. The fourth-order valence-electron chi connectivity index (χ4n) is 27.2. The van der Waals surface area contributed by atoms with Crippen LogP contribution in [-0.4, -0.2) is 13.7 Å². The number of benzene rings is 23. The molecule has 3 aromatic heterocycles. The highest BCUT2D eigenvalue weighted by Gasteiger charge is 2.55. The molecule has 26 aromatic rings. The lowest BCUT2D eigenvalue weighted by molar-refractivity contribution is 0.435. The van der Waals surface area contributed by atoms with Crippen molar-refractivity contribution < 1.29 is 14.2 Å². The van der Waals surface area contributed by atoms with Gasteiger partial charge in [0.2, 0.25) is 0 Å². The van der Waals surface area contributed by atoms with Crippen LogP contribution in [0.5, 0.6) is 34.5 Å². The summed E-state index contributed by atoms with van der Waals surface area (Å²) >= 11 is 0. The fourth-order valence-corrected chi connectivity index (χ4v) is 27.2. The van der Waals surface area contributed by atoms with Crippen LogP contribution in [0.3, 0.4) is 0 Å². The van der Waals surface area contributed by atoms with Crippen LogP contribution in [0, 0.1) is 0 Å². The molecule has 3 atom stereocenters. The molecular formula is C138H87N3O3. The Bertz CT molecular complexity index is 10100. The monoisotopic (exact) mass is 1830 g/mol. The molecule has 0 saturated carbocycles. The second kappa shape index (κ2) is 30.1. The number of aromatic nitrogens is 3. The Hall–Kier alpha value is -18.4. The summed E-state index contributed by atoms with van der Waals surface area (Å²) in [5.41, 5.74) is 38.6. The van der Waals surface area contributed by atoms with Crippen molar-refractivity contribution in [1.29, 1.82) is 0 Å². The van der Waals surface area contributed by atoms with Crippen LogP contribution in [0.4, 0.5) is 0 Å². The summed E-state index contributed by atoms with van der Waals surface area (Å²) in [5, 5.41) is 15.1. The normalized spacial score (nSPS) is 16.3. The van der Waals surface area contributed by atoms with Gasteiger partial charge in [-0.15, -0.1) is 0 Å². The number of nitrogens with zero attached hydrogens (tertiary/aromatic N) is 3. The molecule has 6 aliphatic heterocycles. The van der Waals surface area contributed by atoms with Gasteiger partial charge in [-0.3, -0.25) is 0 Å². The van der Waals surface area contributed by atoms with Gasteiger partial charge in [0.25, 0.3) is 0 Å². The first-order valence-electron chi connectivity index (χ1n) is 50.1. The number of rotatable bonds is 4. The average molecular weight is 1840 g/mol. The van der Waals surface area contributed by atoms with Crippen molar-refractivity contribution in [3.8, 4) is 107 Å². The van der Waals surface area contributed by atoms with Gasteiger partial charge < -0.3 is 27.9 Å². The third kappa shape index (κ3) is 10.7. The van der Waals surface area contributed by atoms with Crippen molar-refractivity contribution in [2.45, 2.75) is 35.5 Å². The van der Waals surface area contributed by atoms with Crippen molar-refractivity contribution >= 4 is 97.7 Å². The zero-order chi connectivity index (χ0) is 94.6. The first-order valence-corrected chi connectivity index (χ1v) is 50.1. The van der Waals surface area contributed by atoms with Gasteiger partial charge in [-0.2, -0.15) is 0 Å². The molecule has 1 aliphatic carbocycles. The average Bonchev–Trinajstić information content (AvgIpc) is 1.38. The molecule has 0 saturated heterocycles. The zero-order valence-electron chi connectivity index (χ0n) is 78.8. The van der Waals surface area contributed by atoms with Crippen LogP contribution >= 0.6 is 0 Å². The highest BCUT2D eigenvalue weighted by atomic mass is 16.5. The standard InChI is InChI=1S/C47H29NO.C46H31NO.C45H27NO/c1-2-14-33-30(12-1)13-9-16-34(33)31-26-28-32(29-27-31)35-17-10-22-41-46(35)49-44-25-8-5-20-39(44)47(41)38-19-4-7-24-43(38)48-42-23-6-3-15-36(42)37-18-11-21-40(47)45(37)48;1-45(2)34-17-5-3-13-30(34)31-26-25-28(27-39(31)45)29-15-11-21-38-44(29)48-42-24-10-7-19-36(42)46(38)35-18-6-9-23-41(35)47-40-22-8-4-14-32(40)33-16-12-20-37(46)43(33)47;1-2-14-29-28(13-1)27-35(31-16-4-3-15-30(29)31)34-19-12-23-39-44(34)47-42-26-10-7-21-37(42)45(39)36-20-6-9-25-41(36)46-40-24-8-5-17-32(40)33-18-11-22-38(45)43(33)46/h1-29H;3-27H,1-2H3;1-27H. The maximum absolute atomic E-state index is 7.10. The van der Waals surface area contributed by atoms with Gasteiger partial charge in [0, 0.05) is 87.8 Å². The minimum absolute atomic E-state index is 0.0865. The SMILES string of the molecule is CC1(C)c2ccccc2-c2ccc(-c3cccc4c3Oc3ccccc3C43c4ccccc4-n4c5ccccc5c5cccc3c54)cc21.c1ccc2c(c1)Oc1c(-c3cc4ccccc4c4ccccc34)cccc1C21c2ccccc2-n2c3ccccc3c3cccc1c32.c1ccc2c(c1)Oc1c(-c3ccc(-c4cccc5ccccc45)cc3)cccc1C21c2ccccc2-n2c3ccccc3c3cccc1c32. The summed E-state index contributed by atoms with van der Waals surface area (Å²) in [7, 11) is 0. The van der Waals surface area contributed by atoms with Gasteiger partial charge in [0.15, 0.2) is 0 Å². The molecule has 6 heteroatoms. The molecule has 0 N–H and O–H groups in total. The molecule has 9 heterocycles. The number of para-hydroxylation sites is 15. The van der Waals surface area contributed by atoms with E-state index < -0.39 is 16.2 Å². The van der Waals surface area contributed by atoms with Crippen molar-refractivity contribution in [3.05, 3.63) is 569 Å². The van der Waals surface area contributed by atoms with Crippen LogP contribution < -0.4 is 14.2 Å². The Morgan fingerprint density at radius 3 is 0.951 bits per heavy atom. The van der Waals surface area contributed by atoms with E-state index in [1.54, 1.807) is 0 Å². The summed E-state index contributed by atoms with van der Waals surface area (Å²) < 4.78 is 28.6. The summed E-state index contributed by atoms with van der Waals surface area (Å²) in [6.07, 6.45) is 0. The van der Waals surface area contributed by atoms with Crippen LogP contribution in [0.15, 0.2) is 491 Å². The van der Waals surface area contributed by atoms with Crippen LogP contribution in [0.2, 0.25) is 0 Å². The van der Waals surface area contributed by atoms with E-state index in [9.17, 15) is 0 Å². The maximum atomic E-state index is 7.10. The Balaban J connectivity index is 0.0000000986. The maximum Gasteiger partial charge on any atom is 0.140 e. The third-order valence-electron chi connectivity index (χ3n) is 33.0. The smallest absolute Gasteiger partial charge is 0.140 e. The first-order chi connectivity index (χ1) is 71.2. The molecule has 0 bridgehead atoms. The molecule has 7 aliphatic rings. The van der Waals surface area contributed by atoms with E-state index in [4.69, 9.17) is 14.2 Å². The molecule has 33 rings (SSSR count). The highest BCUT2D eigenvalue weighted by molar-refractivity contribution is 6.18. The number of ether oxygens (including phenoxy) is 3. The van der Waals surface area contributed by atoms with Crippen LogP contribution in [-0.2, 0) is 21.7 Å². The topological polar surface area (TPSA) is 42.5 Å². The molecule has 3 unspecified atom stereocenters. The van der Waals surface area contributed by atoms with E-state index in [-0.39, 0.29) is 5.41 Å². The Morgan fingerprint density at radius 1 is 0.167 bits per heavy atom. The van der Waals surface area contributed by atoms with Crippen LogP contribution in [0.1, 0.15) is 91.7 Å². The molecule has 144 heavy (non-hydrogen) atoms. The number of hydrogen-bond donors (Lipinski definition) is 0. The largest absolute Gasteiger partial charge is 0.456 e. The lowest BCUT2D eigenvalue weighted by Gasteiger charge is -2.45. The van der Waals surface area contributed by atoms with Gasteiger partial charge >= 0.3 is 0 Å². The van der Waals surface area contributed by atoms with Gasteiger partial charge in [0.1, 0.15) is 34.5 Å².